The molecule has 0 unspecified atom stereocenters. The Morgan fingerprint density at radius 2 is 1.79 bits per heavy atom. The number of nitrogens with zero attached hydrogens (tertiary/aromatic N) is 5. The van der Waals surface area contributed by atoms with Crippen molar-refractivity contribution in [3.05, 3.63) is 78.9 Å². The van der Waals surface area contributed by atoms with E-state index in [9.17, 15) is 0 Å². The van der Waals surface area contributed by atoms with Gasteiger partial charge in [-0.1, -0.05) is 17.7 Å². The Kier molecular flexibility index (Phi) is 5.92. The molecular weight excluding hydrogens is 454 g/mol. The summed E-state index contributed by atoms with van der Waals surface area (Å²) in [6.45, 7) is 2.04. The summed E-state index contributed by atoms with van der Waals surface area (Å²) in [5, 5.41) is 17.0. The van der Waals surface area contributed by atoms with Crippen LogP contribution in [-0.2, 0) is 0 Å². The largest absolute Gasteiger partial charge is 0.411 e. The number of aromatic nitrogens is 5. The number of hydrogen-bond donors (Lipinski definition) is 2. The summed E-state index contributed by atoms with van der Waals surface area (Å²) in [5.41, 5.74) is 4.46. The quantitative estimate of drug-likeness (QED) is 0.258. The van der Waals surface area contributed by atoms with Crippen molar-refractivity contribution < 1.29 is 4.42 Å². The maximum Gasteiger partial charge on any atom is 0.283 e. The van der Waals surface area contributed by atoms with Gasteiger partial charge in [0.2, 0.25) is 5.89 Å². The van der Waals surface area contributed by atoms with Crippen LogP contribution in [0, 0.1) is 6.92 Å². The number of thiocarbonyl (C=S) groups is 1. The van der Waals surface area contributed by atoms with Crippen molar-refractivity contribution in [2.45, 2.75) is 17.2 Å². The summed E-state index contributed by atoms with van der Waals surface area (Å²) in [4.78, 5) is 12.9. The van der Waals surface area contributed by atoms with Crippen molar-refractivity contribution in [1.82, 2.24) is 25.1 Å². The minimum atomic E-state index is 0.378. The lowest BCUT2D eigenvalue weighted by Gasteiger charge is -2.12. The highest BCUT2D eigenvalue weighted by Gasteiger charge is 2.14. The molecule has 5 aromatic rings. The third kappa shape index (κ3) is 4.97. The van der Waals surface area contributed by atoms with Crippen LogP contribution in [-0.4, -0.2) is 30.3 Å². The second kappa shape index (κ2) is 9.31. The van der Waals surface area contributed by atoms with Crippen molar-refractivity contribution >= 4 is 51.4 Å². The van der Waals surface area contributed by atoms with Gasteiger partial charge < -0.3 is 15.1 Å². The van der Waals surface area contributed by atoms with Crippen molar-refractivity contribution in [1.29, 1.82) is 0 Å². The van der Waals surface area contributed by atoms with Gasteiger partial charge in [0.15, 0.2) is 5.11 Å². The summed E-state index contributed by atoms with van der Waals surface area (Å²) in [6, 6.07) is 17.5. The van der Waals surface area contributed by atoms with E-state index in [1.54, 1.807) is 12.4 Å². The van der Waals surface area contributed by atoms with Gasteiger partial charge in [-0.2, -0.15) is 0 Å². The van der Waals surface area contributed by atoms with Gasteiger partial charge in [0.05, 0.1) is 11.1 Å². The fraction of sp³-hybridized carbons (Fsp3) is 0.0435. The zero-order chi connectivity index (χ0) is 22.6. The molecule has 0 bridgehead atoms. The summed E-state index contributed by atoms with van der Waals surface area (Å²) in [5.74, 6) is 0.402. The van der Waals surface area contributed by atoms with Crippen molar-refractivity contribution in [2.75, 3.05) is 10.6 Å². The first-order chi connectivity index (χ1) is 16.1. The smallest absolute Gasteiger partial charge is 0.283 e. The van der Waals surface area contributed by atoms with Gasteiger partial charge in [-0.3, -0.25) is 4.98 Å². The van der Waals surface area contributed by atoms with Crippen molar-refractivity contribution in [3.8, 4) is 11.5 Å². The molecule has 2 aromatic carbocycles. The van der Waals surface area contributed by atoms with Gasteiger partial charge >= 0.3 is 0 Å². The zero-order valence-electron chi connectivity index (χ0n) is 17.4. The molecule has 33 heavy (non-hydrogen) atoms. The molecule has 10 heteroatoms. The van der Waals surface area contributed by atoms with E-state index in [0.717, 1.165) is 27.8 Å². The van der Waals surface area contributed by atoms with Gasteiger partial charge in [-0.15, -0.1) is 10.2 Å². The molecule has 162 valence electrons. The predicted octanol–water partition coefficient (Wildman–Crippen LogP) is 5.34. The molecule has 0 spiro atoms. The Bertz CT molecular complexity index is 1420. The van der Waals surface area contributed by atoms with E-state index in [2.05, 4.69) is 35.8 Å². The SMILES string of the molecule is Cc1ccc(NC(=S)Nc2ccc3ncnc(Sc4nnc(-c5cccnc5)o4)c3c2)cc1. The average molecular weight is 472 g/mol. The number of anilines is 2. The van der Waals surface area contributed by atoms with Gasteiger partial charge in [0, 0.05) is 29.2 Å². The third-order valence-electron chi connectivity index (χ3n) is 4.67. The van der Waals surface area contributed by atoms with E-state index in [1.165, 1.54) is 23.7 Å². The number of benzene rings is 2. The van der Waals surface area contributed by atoms with Crippen LogP contribution < -0.4 is 10.6 Å². The first kappa shape index (κ1) is 21.0. The molecule has 8 nitrogen and oxygen atoms in total. The molecule has 3 aromatic heterocycles. The predicted molar refractivity (Wildman–Crippen MR) is 132 cm³/mol. The normalized spacial score (nSPS) is 10.8. The van der Waals surface area contributed by atoms with Crippen LogP contribution in [0.15, 0.2) is 88.0 Å². The first-order valence-corrected chi connectivity index (χ1v) is 11.2. The lowest BCUT2D eigenvalue weighted by Crippen LogP contribution is -2.19. The molecule has 0 aliphatic rings. The van der Waals surface area contributed by atoms with Crippen LogP contribution in [0.3, 0.4) is 0 Å². The molecule has 0 radical (unpaired) electrons. The lowest BCUT2D eigenvalue weighted by molar-refractivity contribution is 0.465. The number of fused-ring (bicyclic) bond motifs is 1. The highest BCUT2D eigenvalue weighted by Crippen LogP contribution is 2.33. The van der Waals surface area contributed by atoms with Crippen LogP contribution in [0.4, 0.5) is 11.4 Å². The fourth-order valence-electron chi connectivity index (χ4n) is 3.06. The molecule has 0 amide bonds. The van der Waals surface area contributed by atoms with Crippen molar-refractivity contribution in [2.24, 2.45) is 0 Å². The van der Waals surface area contributed by atoms with Crippen LogP contribution in [0.5, 0.6) is 0 Å². The highest BCUT2D eigenvalue weighted by atomic mass is 32.2. The van der Waals surface area contributed by atoms with E-state index in [4.69, 9.17) is 16.6 Å². The van der Waals surface area contributed by atoms with Gasteiger partial charge in [0.1, 0.15) is 11.4 Å². The second-order valence-corrected chi connectivity index (χ2v) is 8.42. The van der Waals surface area contributed by atoms with Crippen molar-refractivity contribution in [3.63, 3.8) is 0 Å². The summed E-state index contributed by atoms with van der Waals surface area (Å²) in [7, 11) is 0. The number of pyridine rings is 1. The number of rotatable bonds is 5. The summed E-state index contributed by atoms with van der Waals surface area (Å²) < 4.78 is 5.79. The minimum Gasteiger partial charge on any atom is -0.411 e. The molecule has 0 fully saturated rings. The molecule has 0 aliphatic carbocycles. The number of hydrogen-bond acceptors (Lipinski definition) is 8. The minimum absolute atomic E-state index is 0.378. The molecule has 5 rings (SSSR count). The lowest BCUT2D eigenvalue weighted by atomic mass is 10.2. The third-order valence-corrected chi connectivity index (χ3v) is 5.73. The Morgan fingerprint density at radius 3 is 2.61 bits per heavy atom. The molecular formula is C23H17N7OS2. The summed E-state index contributed by atoms with van der Waals surface area (Å²) in [6.07, 6.45) is 4.88. The van der Waals surface area contributed by atoms with Gasteiger partial charge in [0.25, 0.3) is 5.22 Å². The standard InChI is InChI=1S/C23H17N7OS2/c1-14-4-6-16(7-5-14)27-22(32)28-17-8-9-19-18(11-17)21(26-13-25-19)33-23-30-29-20(31-23)15-3-2-10-24-12-15/h2-13H,1H3,(H2,27,28,32). The van der Waals surface area contributed by atoms with E-state index in [1.807, 2.05) is 61.5 Å². The van der Waals surface area contributed by atoms with Crippen LogP contribution >= 0.6 is 24.0 Å². The second-order valence-electron chi connectivity index (χ2n) is 7.07. The fourth-order valence-corrected chi connectivity index (χ4v) is 4.04. The van der Waals surface area contributed by atoms with E-state index in [-0.39, 0.29) is 0 Å². The molecule has 0 atom stereocenters. The Morgan fingerprint density at radius 1 is 0.970 bits per heavy atom. The molecule has 2 N–H and O–H groups in total. The Hall–Kier alpha value is -3.89. The average Bonchev–Trinajstić information content (AvgIpc) is 3.30. The van der Waals surface area contributed by atoms with Gasteiger partial charge in [-0.05, 0) is 73.4 Å². The Labute approximate surface area is 198 Å². The molecule has 0 saturated heterocycles. The molecule has 0 aliphatic heterocycles. The highest BCUT2D eigenvalue weighted by molar-refractivity contribution is 7.99. The van der Waals surface area contributed by atoms with Gasteiger partial charge in [-0.25, -0.2) is 9.97 Å². The van der Waals surface area contributed by atoms with Crippen LogP contribution in [0.1, 0.15) is 5.56 Å². The topological polar surface area (TPSA) is 102 Å². The maximum absolute atomic E-state index is 5.79. The summed E-state index contributed by atoms with van der Waals surface area (Å²) >= 11 is 6.74. The first-order valence-electron chi connectivity index (χ1n) is 9.95. The maximum atomic E-state index is 5.79. The van der Waals surface area contributed by atoms with E-state index in [0.29, 0.717) is 21.3 Å². The van der Waals surface area contributed by atoms with Crippen LogP contribution in [0.25, 0.3) is 22.4 Å². The molecule has 0 saturated carbocycles. The number of nitrogens with one attached hydrogen (secondary N) is 2. The van der Waals surface area contributed by atoms with E-state index < -0.39 is 0 Å². The Balaban J connectivity index is 1.35. The molecule has 3 heterocycles. The van der Waals surface area contributed by atoms with E-state index >= 15 is 0 Å². The number of aryl methyl sites for hydroxylation is 1. The van der Waals surface area contributed by atoms with Crippen LogP contribution in [0.2, 0.25) is 0 Å². The zero-order valence-corrected chi connectivity index (χ0v) is 19.0. The monoisotopic (exact) mass is 471 g/mol.